The van der Waals surface area contributed by atoms with E-state index < -0.39 is 0 Å². The van der Waals surface area contributed by atoms with E-state index in [0.29, 0.717) is 77.8 Å². The second kappa shape index (κ2) is 9.69. The third kappa shape index (κ3) is 4.29. The highest BCUT2D eigenvalue weighted by molar-refractivity contribution is 6.08. The molecule has 2 aromatic heterocycles. The number of carbonyl (C=O) groups is 2. The Morgan fingerprint density at radius 1 is 1.26 bits per heavy atom. The van der Waals surface area contributed by atoms with Crippen molar-refractivity contribution in [3.63, 3.8) is 0 Å². The van der Waals surface area contributed by atoms with Gasteiger partial charge in [0, 0.05) is 25.3 Å². The Balaban J connectivity index is 1.44. The van der Waals surface area contributed by atoms with Crippen LogP contribution in [0.4, 0.5) is 4.79 Å². The number of likely N-dealkylation sites (tertiary alicyclic amines) is 1. The molecular formula is C24H27N5O6. The molecule has 0 bridgehead atoms. The number of carbonyl (C=O) groups excluding carboxylic acids is 2. The minimum Gasteiger partial charge on any atom is -0.493 e. The average Bonchev–Trinajstić information content (AvgIpc) is 3.61. The van der Waals surface area contributed by atoms with Gasteiger partial charge in [-0.1, -0.05) is 6.92 Å². The number of nitrogens with zero attached hydrogens (tertiary/aromatic N) is 3. The predicted octanol–water partition coefficient (Wildman–Crippen LogP) is 3.10. The van der Waals surface area contributed by atoms with E-state index >= 15 is 0 Å². The third-order valence-electron chi connectivity index (χ3n) is 5.96. The summed E-state index contributed by atoms with van der Waals surface area (Å²) in [6.45, 7) is 5.69. The Hall–Kier alpha value is -4.02. The topological polar surface area (TPSA) is 128 Å². The van der Waals surface area contributed by atoms with Crippen LogP contribution in [0.1, 0.15) is 37.0 Å². The quantitative estimate of drug-likeness (QED) is 0.527. The van der Waals surface area contributed by atoms with Crippen molar-refractivity contribution >= 4 is 23.0 Å². The highest BCUT2D eigenvalue weighted by Gasteiger charge is 2.30. The molecule has 2 amide bonds. The van der Waals surface area contributed by atoms with Crippen LogP contribution in [0, 0.1) is 0 Å². The average molecular weight is 482 g/mol. The van der Waals surface area contributed by atoms with E-state index in [1.54, 1.807) is 18.0 Å². The lowest BCUT2D eigenvalue weighted by Gasteiger charge is -2.16. The lowest BCUT2D eigenvalue weighted by atomic mass is 10.1. The zero-order valence-corrected chi connectivity index (χ0v) is 19.6. The minimum atomic E-state index is -0.364. The van der Waals surface area contributed by atoms with Crippen LogP contribution in [0.5, 0.6) is 17.2 Å². The standard InChI is InChI=1S/C24H27N5O6/c1-3-9-33-16-5-6-17-22(35-13-34-17)18(16)20-21-19(26-12-27-20)15(10-25-21)23(30)28-14-7-8-29(11-14)24(31)32-4-2/h5-6,10,12,14,25H,3-4,7-9,11,13H2,1-2H3,(H,28,30). The molecular weight excluding hydrogens is 454 g/mol. The Labute approximate surface area is 201 Å². The van der Waals surface area contributed by atoms with E-state index in [4.69, 9.17) is 18.9 Å². The Bertz CT molecular complexity index is 1260. The number of aromatic nitrogens is 3. The van der Waals surface area contributed by atoms with E-state index in [-0.39, 0.29) is 24.8 Å². The van der Waals surface area contributed by atoms with Gasteiger partial charge in [-0.25, -0.2) is 14.8 Å². The van der Waals surface area contributed by atoms with Gasteiger partial charge in [0.05, 0.1) is 29.9 Å². The van der Waals surface area contributed by atoms with Gasteiger partial charge in [0.25, 0.3) is 5.91 Å². The number of benzene rings is 1. The number of aromatic amines is 1. The Morgan fingerprint density at radius 2 is 2.14 bits per heavy atom. The number of nitrogens with one attached hydrogen (secondary N) is 2. The number of amides is 2. The van der Waals surface area contributed by atoms with Gasteiger partial charge < -0.3 is 34.1 Å². The molecule has 35 heavy (non-hydrogen) atoms. The van der Waals surface area contributed by atoms with Gasteiger partial charge in [-0.2, -0.15) is 0 Å². The van der Waals surface area contributed by atoms with Crippen molar-refractivity contribution in [2.24, 2.45) is 0 Å². The number of hydrogen-bond acceptors (Lipinski definition) is 8. The molecule has 0 spiro atoms. The molecule has 1 aromatic carbocycles. The summed E-state index contributed by atoms with van der Waals surface area (Å²) in [5.41, 5.74) is 2.65. The predicted molar refractivity (Wildman–Crippen MR) is 126 cm³/mol. The summed E-state index contributed by atoms with van der Waals surface area (Å²) < 4.78 is 22.3. The van der Waals surface area contributed by atoms with Crippen molar-refractivity contribution < 1.29 is 28.5 Å². The largest absolute Gasteiger partial charge is 0.493 e. The fourth-order valence-corrected chi connectivity index (χ4v) is 4.33. The molecule has 1 fully saturated rings. The molecule has 184 valence electrons. The third-order valence-corrected chi connectivity index (χ3v) is 5.96. The normalized spacial score (nSPS) is 16.5. The van der Waals surface area contributed by atoms with Gasteiger partial charge in [0.2, 0.25) is 6.79 Å². The number of hydrogen-bond donors (Lipinski definition) is 2. The molecule has 0 radical (unpaired) electrons. The first kappa shape index (κ1) is 22.8. The summed E-state index contributed by atoms with van der Waals surface area (Å²) in [6.07, 6.45) is 4.16. The van der Waals surface area contributed by atoms with E-state index in [1.807, 2.05) is 19.1 Å². The van der Waals surface area contributed by atoms with Crippen LogP contribution in [-0.4, -0.2) is 71.0 Å². The van der Waals surface area contributed by atoms with Crippen LogP contribution < -0.4 is 19.5 Å². The van der Waals surface area contributed by atoms with E-state index in [1.165, 1.54) is 6.33 Å². The van der Waals surface area contributed by atoms with Crippen molar-refractivity contribution in [2.75, 3.05) is 33.1 Å². The smallest absolute Gasteiger partial charge is 0.409 e. The van der Waals surface area contributed by atoms with Crippen molar-refractivity contribution in [2.45, 2.75) is 32.7 Å². The van der Waals surface area contributed by atoms with Gasteiger partial charge in [0.1, 0.15) is 23.3 Å². The molecule has 2 aliphatic heterocycles. The molecule has 5 rings (SSSR count). The highest BCUT2D eigenvalue weighted by atomic mass is 16.7. The fraction of sp³-hybridized carbons (Fsp3) is 0.417. The summed E-state index contributed by atoms with van der Waals surface area (Å²) in [7, 11) is 0. The minimum absolute atomic E-state index is 0.108. The van der Waals surface area contributed by atoms with E-state index in [9.17, 15) is 9.59 Å². The van der Waals surface area contributed by atoms with Crippen molar-refractivity contribution in [1.82, 2.24) is 25.2 Å². The second-order valence-corrected chi connectivity index (χ2v) is 8.27. The van der Waals surface area contributed by atoms with Gasteiger partial charge in [0.15, 0.2) is 11.5 Å². The van der Waals surface area contributed by atoms with Crippen molar-refractivity contribution in [1.29, 1.82) is 0 Å². The zero-order valence-electron chi connectivity index (χ0n) is 19.6. The molecule has 2 N–H and O–H groups in total. The second-order valence-electron chi connectivity index (χ2n) is 8.27. The first-order valence-corrected chi connectivity index (χ1v) is 11.7. The highest BCUT2D eigenvalue weighted by Crippen LogP contribution is 2.47. The van der Waals surface area contributed by atoms with Crippen molar-refractivity contribution in [3.8, 4) is 28.5 Å². The van der Waals surface area contributed by atoms with Crippen LogP contribution in [0.3, 0.4) is 0 Å². The SMILES string of the molecule is CCCOc1ccc2c(c1-c1ncnc3c(C(=O)NC4CCN(C(=O)OCC)C4)c[nH]c13)OCO2. The van der Waals surface area contributed by atoms with Crippen molar-refractivity contribution in [3.05, 3.63) is 30.2 Å². The molecule has 3 aromatic rings. The monoisotopic (exact) mass is 481 g/mol. The molecule has 1 unspecified atom stereocenters. The molecule has 0 saturated carbocycles. The lowest BCUT2D eigenvalue weighted by molar-refractivity contribution is 0.0931. The van der Waals surface area contributed by atoms with Crippen LogP contribution in [0.25, 0.3) is 22.3 Å². The van der Waals surface area contributed by atoms with Crippen LogP contribution in [0.15, 0.2) is 24.7 Å². The first-order chi connectivity index (χ1) is 17.1. The Morgan fingerprint density at radius 3 is 2.97 bits per heavy atom. The first-order valence-electron chi connectivity index (χ1n) is 11.7. The van der Waals surface area contributed by atoms with Gasteiger partial charge >= 0.3 is 6.09 Å². The van der Waals surface area contributed by atoms with Crippen LogP contribution >= 0.6 is 0 Å². The molecule has 1 atom stereocenters. The molecule has 11 heteroatoms. The summed E-state index contributed by atoms with van der Waals surface area (Å²) in [5, 5.41) is 3.00. The molecule has 0 aliphatic carbocycles. The summed E-state index contributed by atoms with van der Waals surface area (Å²) in [6, 6.07) is 3.47. The Kier molecular flexibility index (Phi) is 6.30. The number of ether oxygens (including phenoxy) is 4. The van der Waals surface area contributed by atoms with E-state index in [2.05, 4.69) is 20.3 Å². The number of rotatable bonds is 7. The van der Waals surface area contributed by atoms with Gasteiger partial charge in [-0.3, -0.25) is 4.79 Å². The fourth-order valence-electron chi connectivity index (χ4n) is 4.33. The molecule has 11 nitrogen and oxygen atoms in total. The number of fused-ring (bicyclic) bond motifs is 2. The lowest BCUT2D eigenvalue weighted by Crippen LogP contribution is -2.38. The summed E-state index contributed by atoms with van der Waals surface area (Å²) >= 11 is 0. The van der Waals surface area contributed by atoms with Gasteiger partial charge in [-0.05, 0) is 31.9 Å². The molecule has 1 saturated heterocycles. The molecule has 4 heterocycles. The van der Waals surface area contributed by atoms with Crippen LogP contribution in [0.2, 0.25) is 0 Å². The zero-order chi connectivity index (χ0) is 24.4. The molecule has 2 aliphatic rings. The van der Waals surface area contributed by atoms with Crippen LogP contribution in [-0.2, 0) is 4.74 Å². The maximum Gasteiger partial charge on any atom is 0.409 e. The number of H-pyrrole nitrogens is 1. The summed E-state index contributed by atoms with van der Waals surface area (Å²) in [5.74, 6) is 1.48. The summed E-state index contributed by atoms with van der Waals surface area (Å²) in [4.78, 5) is 38.7. The van der Waals surface area contributed by atoms with Gasteiger partial charge in [-0.15, -0.1) is 0 Å². The maximum absolute atomic E-state index is 13.1. The maximum atomic E-state index is 13.1. The van der Waals surface area contributed by atoms with E-state index in [0.717, 1.165) is 6.42 Å².